The number of anilines is 1. The zero-order valence-electron chi connectivity index (χ0n) is 13.7. The number of hydrogen-bond donors (Lipinski definition) is 0. The first-order valence-electron chi connectivity index (χ1n) is 7.62. The molecule has 3 nitrogen and oxygen atoms in total. The molecule has 0 bridgehead atoms. The van der Waals surface area contributed by atoms with Gasteiger partial charge in [0, 0.05) is 23.9 Å². The lowest BCUT2D eigenvalue weighted by molar-refractivity contribution is 0.289. The van der Waals surface area contributed by atoms with Gasteiger partial charge >= 0.3 is 0 Å². The number of benzene rings is 2. The molecule has 1 heterocycles. The lowest BCUT2D eigenvalue weighted by Crippen LogP contribution is -2.32. The Hall–Kier alpha value is -2.16. The molecule has 0 unspecified atom stereocenters. The molecule has 0 saturated heterocycles. The summed E-state index contributed by atoms with van der Waals surface area (Å²) in [7, 11) is 1.69. The Morgan fingerprint density at radius 2 is 1.91 bits per heavy atom. The average molecular weight is 297 g/mol. The quantitative estimate of drug-likeness (QED) is 0.822. The Balaban J connectivity index is 1.89. The third-order valence-corrected chi connectivity index (χ3v) is 4.08. The zero-order chi connectivity index (χ0) is 15.7. The molecule has 0 spiro atoms. The summed E-state index contributed by atoms with van der Waals surface area (Å²) in [6.45, 7) is 8.12. The minimum absolute atomic E-state index is 0.146. The van der Waals surface area contributed by atoms with E-state index in [1.165, 1.54) is 11.1 Å². The highest BCUT2D eigenvalue weighted by Gasteiger charge is 2.21. The number of rotatable bonds is 2. The van der Waals surface area contributed by atoms with Crippen molar-refractivity contribution in [2.45, 2.75) is 32.7 Å². The van der Waals surface area contributed by atoms with Crippen LogP contribution < -0.4 is 14.4 Å². The summed E-state index contributed by atoms with van der Waals surface area (Å²) in [5.41, 5.74) is 3.84. The Labute approximate surface area is 132 Å². The Kier molecular flexibility index (Phi) is 3.73. The van der Waals surface area contributed by atoms with Crippen LogP contribution in [0.5, 0.6) is 11.5 Å². The Morgan fingerprint density at radius 1 is 1.09 bits per heavy atom. The Bertz CT molecular complexity index is 673. The van der Waals surface area contributed by atoms with Crippen molar-refractivity contribution in [3.05, 3.63) is 53.6 Å². The van der Waals surface area contributed by atoms with Gasteiger partial charge in [0.2, 0.25) is 0 Å². The second kappa shape index (κ2) is 5.56. The first kappa shape index (κ1) is 14.8. The van der Waals surface area contributed by atoms with Crippen LogP contribution in [0, 0.1) is 0 Å². The lowest BCUT2D eigenvalue weighted by atomic mass is 9.86. The minimum Gasteiger partial charge on any atom is -0.497 e. The molecule has 0 amide bonds. The number of hydrogen-bond acceptors (Lipinski definition) is 3. The molecule has 0 aromatic heterocycles. The topological polar surface area (TPSA) is 21.7 Å². The summed E-state index contributed by atoms with van der Waals surface area (Å²) in [6.07, 6.45) is 0. The molecule has 2 aromatic carbocycles. The fraction of sp³-hybridized carbons (Fsp3) is 0.368. The second-order valence-electron chi connectivity index (χ2n) is 6.75. The van der Waals surface area contributed by atoms with Crippen LogP contribution in [0.2, 0.25) is 0 Å². The summed E-state index contributed by atoms with van der Waals surface area (Å²) < 4.78 is 11.2. The van der Waals surface area contributed by atoms with Crippen molar-refractivity contribution < 1.29 is 9.47 Å². The van der Waals surface area contributed by atoms with Crippen LogP contribution in [-0.4, -0.2) is 13.8 Å². The van der Waals surface area contributed by atoms with Gasteiger partial charge in [0.25, 0.3) is 0 Å². The molecule has 1 aliphatic heterocycles. The van der Waals surface area contributed by atoms with E-state index < -0.39 is 0 Å². The van der Waals surface area contributed by atoms with Crippen LogP contribution in [0.1, 0.15) is 31.9 Å². The molecule has 0 saturated carbocycles. The van der Waals surface area contributed by atoms with Crippen LogP contribution in [0.4, 0.5) is 5.69 Å². The standard InChI is InChI=1S/C19H23NO2/c1-19(2,3)15-8-9-18-14(10-15)12-20(13-22-18)16-6-5-7-17(11-16)21-4/h5-11H,12-13H2,1-4H3. The van der Waals surface area contributed by atoms with Gasteiger partial charge in [-0.25, -0.2) is 0 Å². The van der Waals surface area contributed by atoms with E-state index >= 15 is 0 Å². The van der Waals surface area contributed by atoms with E-state index in [1.807, 2.05) is 18.2 Å². The van der Waals surface area contributed by atoms with Crippen molar-refractivity contribution in [2.75, 3.05) is 18.7 Å². The molecule has 0 atom stereocenters. The van der Waals surface area contributed by atoms with Gasteiger partial charge in [-0.15, -0.1) is 0 Å². The highest BCUT2D eigenvalue weighted by molar-refractivity contribution is 5.53. The van der Waals surface area contributed by atoms with Crippen LogP contribution in [0.25, 0.3) is 0 Å². The fourth-order valence-electron chi connectivity index (χ4n) is 2.68. The van der Waals surface area contributed by atoms with E-state index in [1.54, 1.807) is 7.11 Å². The predicted molar refractivity (Wildman–Crippen MR) is 89.8 cm³/mol. The number of fused-ring (bicyclic) bond motifs is 1. The van der Waals surface area contributed by atoms with E-state index in [0.29, 0.717) is 6.73 Å². The molecule has 2 aromatic rings. The highest BCUT2D eigenvalue weighted by atomic mass is 16.5. The average Bonchev–Trinajstić information content (AvgIpc) is 2.53. The van der Waals surface area contributed by atoms with Crippen LogP contribution in [0.3, 0.4) is 0 Å². The normalized spacial score (nSPS) is 14.3. The van der Waals surface area contributed by atoms with Crippen LogP contribution in [-0.2, 0) is 12.0 Å². The van der Waals surface area contributed by atoms with Gasteiger partial charge in [-0.2, -0.15) is 0 Å². The monoisotopic (exact) mass is 297 g/mol. The molecule has 3 heteroatoms. The third kappa shape index (κ3) is 2.89. The summed E-state index contributed by atoms with van der Waals surface area (Å²) >= 11 is 0. The van der Waals surface area contributed by atoms with Crippen molar-refractivity contribution >= 4 is 5.69 Å². The van der Waals surface area contributed by atoms with E-state index in [-0.39, 0.29) is 5.41 Å². The molecule has 0 fully saturated rings. The predicted octanol–water partition coefficient (Wildman–Crippen LogP) is 4.35. The summed E-state index contributed by atoms with van der Waals surface area (Å²) in [5.74, 6) is 1.86. The van der Waals surface area contributed by atoms with Gasteiger partial charge in [-0.05, 0) is 35.2 Å². The van der Waals surface area contributed by atoms with E-state index in [2.05, 4.69) is 49.9 Å². The Morgan fingerprint density at radius 3 is 2.64 bits per heavy atom. The van der Waals surface area contributed by atoms with Gasteiger partial charge in [0.15, 0.2) is 6.73 Å². The summed E-state index contributed by atoms with van der Waals surface area (Å²) in [6, 6.07) is 14.6. The largest absolute Gasteiger partial charge is 0.497 e. The van der Waals surface area contributed by atoms with Crippen LogP contribution in [0.15, 0.2) is 42.5 Å². The van der Waals surface area contributed by atoms with Crippen molar-refractivity contribution in [3.8, 4) is 11.5 Å². The number of methoxy groups -OCH3 is 1. The minimum atomic E-state index is 0.146. The zero-order valence-corrected chi connectivity index (χ0v) is 13.7. The van der Waals surface area contributed by atoms with Gasteiger partial charge in [0.1, 0.15) is 11.5 Å². The molecule has 0 radical (unpaired) electrons. The second-order valence-corrected chi connectivity index (χ2v) is 6.75. The molecule has 0 N–H and O–H groups in total. The van der Waals surface area contributed by atoms with Gasteiger partial charge in [-0.1, -0.05) is 32.9 Å². The molecule has 1 aliphatic rings. The van der Waals surface area contributed by atoms with Gasteiger partial charge in [0.05, 0.1) is 7.11 Å². The maximum Gasteiger partial charge on any atom is 0.161 e. The van der Waals surface area contributed by atoms with Crippen molar-refractivity contribution in [3.63, 3.8) is 0 Å². The number of ether oxygens (including phenoxy) is 2. The number of nitrogens with zero attached hydrogens (tertiary/aromatic N) is 1. The van der Waals surface area contributed by atoms with Gasteiger partial charge < -0.3 is 14.4 Å². The smallest absolute Gasteiger partial charge is 0.161 e. The van der Waals surface area contributed by atoms with E-state index in [4.69, 9.17) is 9.47 Å². The van der Waals surface area contributed by atoms with Crippen molar-refractivity contribution in [2.24, 2.45) is 0 Å². The summed E-state index contributed by atoms with van der Waals surface area (Å²) in [5, 5.41) is 0. The van der Waals surface area contributed by atoms with Crippen molar-refractivity contribution in [1.82, 2.24) is 0 Å². The first-order chi connectivity index (χ1) is 10.5. The summed E-state index contributed by atoms with van der Waals surface area (Å²) in [4.78, 5) is 2.22. The fourth-order valence-corrected chi connectivity index (χ4v) is 2.68. The van der Waals surface area contributed by atoms with Crippen LogP contribution >= 0.6 is 0 Å². The van der Waals surface area contributed by atoms with Crippen molar-refractivity contribution in [1.29, 1.82) is 0 Å². The molecule has 0 aliphatic carbocycles. The SMILES string of the molecule is COc1cccc(N2COc3ccc(C(C)(C)C)cc3C2)c1. The van der Waals surface area contributed by atoms with E-state index in [0.717, 1.165) is 23.7 Å². The van der Waals surface area contributed by atoms with E-state index in [9.17, 15) is 0 Å². The molecular weight excluding hydrogens is 274 g/mol. The first-order valence-corrected chi connectivity index (χ1v) is 7.62. The molecule has 3 rings (SSSR count). The maximum absolute atomic E-state index is 5.92. The molecule has 116 valence electrons. The third-order valence-electron chi connectivity index (χ3n) is 4.08. The lowest BCUT2D eigenvalue weighted by Gasteiger charge is -2.32. The highest BCUT2D eigenvalue weighted by Crippen LogP contribution is 2.33. The van der Waals surface area contributed by atoms with Gasteiger partial charge in [-0.3, -0.25) is 0 Å². The molecule has 22 heavy (non-hydrogen) atoms. The molecular formula is C19H23NO2. The maximum atomic E-state index is 5.92.